The SMILES string of the molecule is C.CCOC(=O)c1cc(OC(F)F)n(CCC(F)(F)C(F)(F)F)n1.Cl.N=C(N)c1cc(OC(F)F)n(CCC(F)(F)C(F)(F)F)n1. The lowest BCUT2D eigenvalue weighted by molar-refractivity contribution is -0.285. The van der Waals surface area contributed by atoms with Crippen molar-refractivity contribution in [1.29, 1.82) is 5.41 Å². The normalized spacial score (nSPS) is 12.1. The molecule has 3 N–H and O–H groups in total. The lowest BCUT2D eigenvalue weighted by atomic mass is 10.2. The first kappa shape index (κ1) is 44.4. The van der Waals surface area contributed by atoms with Gasteiger partial charge in [-0.3, -0.25) is 5.41 Å². The van der Waals surface area contributed by atoms with Crippen LogP contribution < -0.4 is 15.2 Å². The van der Waals surface area contributed by atoms with Crippen LogP contribution in [0.3, 0.4) is 0 Å². The molecule has 0 spiro atoms. The predicted octanol–water partition coefficient (Wildman–Crippen LogP) is 6.66. The molecule has 0 aliphatic carbocycles. The van der Waals surface area contributed by atoms with Gasteiger partial charge in [0.2, 0.25) is 11.8 Å². The fourth-order valence-corrected chi connectivity index (χ4v) is 2.70. The summed E-state index contributed by atoms with van der Waals surface area (Å²) in [7, 11) is 0. The van der Waals surface area contributed by atoms with Crippen molar-refractivity contribution in [1.82, 2.24) is 19.6 Å². The van der Waals surface area contributed by atoms with E-state index in [2.05, 4.69) is 24.4 Å². The van der Waals surface area contributed by atoms with E-state index in [1.807, 2.05) is 0 Å². The van der Waals surface area contributed by atoms with E-state index >= 15 is 0 Å². The number of rotatable bonds is 13. The number of nitrogens with zero attached hydrogens (tertiary/aromatic N) is 4. The smallest absolute Gasteiger partial charge is 0.453 e. The topological polar surface area (TPSA) is 130 Å². The molecular weight excluding hydrogens is 702 g/mol. The highest BCUT2D eigenvalue weighted by atomic mass is 35.5. The van der Waals surface area contributed by atoms with Crippen LogP contribution in [0, 0.1) is 5.41 Å². The number of amidine groups is 1. The summed E-state index contributed by atoms with van der Waals surface area (Å²) in [4.78, 5) is 11.4. The summed E-state index contributed by atoms with van der Waals surface area (Å²) in [5, 5.41) is 13.7. The van der Waals surface area contributed by atoms with Crippen molar-refractivity contribution in [2.24, 2.45) is 5.73 Å². The first-order valence-electron chi connectivity index (χ1n) is 11.4. The lowest BCUT2D eigenvalue weighted by Gasteiger charge is -2.19. The van der Waals surface area contributed by atoms with Gasteiger partial charge in [-0.2, -0.15) is 71.7 Å². The third kappa shape index (κ3) is 12.9. The molecule has 0 unspecified atom stereocenters. The average Bonchev–Trinajstić information content (AvgIpc) is 3.44. The molecule has 0 amide bonds. The fraction of sp³-hybridized carbons (Fsp3) is 0.619. The molecule has 0 atom stereocenters. The van der Waals surface area contributed by atoms with Crippen molar-refractivity contribution in [3.8, 4) is 11.8 Å². The van der Waals surface area contributed by atoms with Gasteiger partial charge >= 0.3 is 43.4 Å². The molecule has 2 rings (SSSR count). The van der Waals surface area contributed by atoms with E-state index in [0.717, 1.165) is 6.07 Å². The molecule has 0 saturated carbocycles. The maximum absolute atomic E-state index is 12.8. The Morgan fingerprint density at radius 2 is 1.15 bits per heavy atom. The second-order valence-electron chi connectivity index (χ2n) is 7.98. The van der Waals surface area contributed by atoms with Crippen LogP contribution in [0.2, 0.25) is 0 Å². The summed E-state index contributed by atoms with van der Waals surface area (Å²) >= 11 is 0. The lowest BCUT2D eigenvalue weighted by Crippen LogP contribution is -2.37. The molecule has 0 bridgehead atoms. The number of hydrogen-bond donors (Lipinski definition) is 2. The Balaban J connectivity index is 0. The van der Waals surface area contributed by atoms with Crippen LogP contribution in [0.5, 0.6) is 11.8 Å². The number of ether oxygens (including phenoxy) is 3. The standard InChI is InChI=1S/C11H11F7N2O3.C9H9F7N4O.CH4.ClH/c1-2-22-8(21)6-5-7(23-9(12)13)20(19-6)4-3-10(14,15)11(16,17)18;10-7(11)21-5-3-4(6(17)18)19-20(5)2-1-8(12,13)9(14,15)16;;/h5,9H,2-4H2,1H3;3,7H,1-2H2,(H3,17,18);1H4;1H. The van der Waals surface area contributed by atoms with Crippen molar-refractivity contribution in [3.05, 3.63) is 23.5 Å². The van der Waals surface area contributed by atoms with Crippen LogP contribution >= 0.6 is 12.4 Å². The molecule has 0 aliphatic heterocycles. The number of nitrogens with two attached hydrogens (primary N) is 1. The summed E-state index contributed by atoms with van der Waals surface area (Å²) in [5.74, 6) is -13.4. The van der Waals surface area contributed by atoms with Gasteiger partial charge in [-0.25, -0.2) is 14.2 Å². The Kier molecular flexibility index (Phi) is 16.7. The van der Waals surface area contributed by atoms with Crippen molar-refractivity contribution in [2.75, 3.05) is 6.61 Å². The van der Waals surface area contributed by atoms with Gasteiger partial charge in [0.1, 0.15) is 11.5 Å². The van der Waals surface area contributed by atoms with Crippen LogP contribution in [0.15, 0.2) is 12.1 Å². The molecule has 2 aromatic heterocycles. The van der Waals surface area contributed by atoms with Gasteiger partial charge in [-0.05, 0) is 6.92 Å². The molecule has 2 aromatic rings. The number of nitrogens with one attached hydrogen (secondary N) is 1. The van der Waals surface area contributed by atoms with Gasteiger partial charge in [-0.1, -0.05) is 7.43 Å². The second-order valence-corrected chi connectivity index (χ2v) is 7.98. The Bertz CT molecular complexity index is 1250. The molecule has 46 heavy (non-hydrogen) atoms. The number of carbonyl (C=O) groups excluding carboxylic acids is 1. The number of aryl methyl sites for hydroxylation is 2. The largest absolute Gasteiger partial charge is 0.461 e. The molecule has 25 heteroatoms. The highest BCUT2D eigenvalue weighted by molar-refractivity contribution is 5.93. The second kappa shape index (κ2) is 17.3. The van der Waals surface area contributed by atoms with Gasteiger partial charge in [0.05, 0.1) is 19.7 Å². The summed E-state index contributed by atoms with van der Waals surface area (Å²) in [5.41, 5.74) is 4.07. The molecule has 268 valence electrons. The summed E-state index contributed by atoms with van der Waals surface area (Å²) in [6, 6.07) is 1.40. The summed E-state index contributed by atoms with van der Waals surface area (Å²) in [6.07, 6.45) is -15.1. The Labute approximate surface area is 255 Å². The van der Waals surface area contributed by atoms with E-state index in [1.54, 1.807) is 0 Å². The first-order chi connectivity index (χ1) is 19.9. The van der Waals surface area contributed by atoms with Crippen molar-refractivity contribution >= 4 is 24.2 Å². The van der Waals surface area contributed by atoms with E-state index in [0.29, 0.717) is 15.4 Å². The van der Waals surface area contributed by atoms with Crippen molar-refractivity contribution < 1.29 is 80.5 Å². The molecular formula is C21H25ClF14N6O4. The van der Waals surface area contributed by atoms with E-state index in [-0.39, 0.29) is 32.1 Å². The maximum Gasteiger partial charge on any atom is 0.453 e. The number of esters is 1. The molecule has 0 radical (unpaired) electrons. The number of carbonyl (C=O) groups is 1. The monoisotopic (exact) mass is 726 g/mol. The molecule has 0 fully saturated rings. The molecule has 0 aromatic carbocycles. The Hall–Kier alpha value is -3.73. The van der Waals surface area contributed by atoms with Gasteiger partial charge < -0.3 is 19.9 Å². The number of nitrogen functional groups attached to an aromatic ring is 1. The molecule has 2 heterocycles. The van der Waals surface area contributed by atoms with E-state index in [4.69, 9.17) is 11.1 Å². The zero-order valence-corrected chi connectivity index (χ0v) is 22.9. The van der Waals surface area contributed by atoms with Crippen molar-refractivity contribution in [3.63, 3.8) is 0 Å². The van der Waals surface area contributed by atoms with Crippen LogP contribution in [0.25, 0.3) is 0 Å². The van der Waals surface area contributed by atoms with E-state index < -0.39 is 92.6 Å². The van der Waals surface area contributed by atoms with Crippen LogP contribution in [-0.2, 0) is 17.8 Å². The zero-order chi connectivity index (χ0) is 34.3. The first-order valence-corrected chi connectivity index (χ1v) is 11.4. The van der Waals surface area contributed by atoms with Crippen LogP contribution in [0.4, 0.5) is 61.5 Å². The Morgan fingerprint density at radius 1 is 0.804 bits per heavy atom. The van der Waals surface area contributed by atoms with Gasteiger partial charge in [0.15, 0.2) is 5.69 Å². The van der Waals surface area contributed by atoms with Crippen LogP contribution in [-0.4, -0.2) is 75.4 Å². The highest BCUT2D eigenvalue weighted by Crippen LogP contribution is 2.39. The Morgan fingerprint density at radius 3 is 1.46 bits per heavy atom. The van der Waals surface area contributed by atoms with Gasteiger partial charge in [-0.15, -0.1) is 12.4 Å². The number of alkyl halides is 14. The van der Waals surface area contributed by atoms with Crippen molar-refractivity contribution in [2.45, 2.75) is 77.7 Å². The number of hydrogen-bond acceptors (Lipinski definition) is 7. The third-order valence-corrected chi connectivity index (χ3v) is 4.77. The fourth-order valence-electron chi connectivity index (χ4n) is 2.70. The van der Waals surface area contributed by atoms with Crippen LogP contribution in [0.1, 0.15) is 43.4 Å². The zero-order valence-electron chi connectivity index (χ0n) is 22.0. The minimum Gasteiger partial charge on any atom is -0.461 e. The average molecular weight is 727 g/mol. The quantitative estimate of drug-likeness (QED) is 0.102. The molecule has 10 nitrogen and oxygen atoms in total. The minimum absolute atomic E-state index is 0. The van der Waals surface area contributed by atoms with Gasteiger partial charge in [0, 0.05) is 25.0 Å². The maximum atomic E-state index is 12.8. The number of halogens is 15. The van der Waals surface area contributed by atoms with E-state index in [9.17, 15) is 66.3 Å². The third-order valence-electron chi connectivity index (χ3n) is 4.77. The van der Waals surface area contributed by atoms with Gasteiger partial charge in [0.25, 0.3) is 0 Å². The molecule has 0 saturated heterocycles. The summed E-state index contributed by atoms with van der Waals surface area (Å²) in [6.45, 7) is -7.53. The summed E-state index contributed by atoms with van der Waals surface area (Å²) < 4.78 is 185. The number of aromatic nitrogens is 4. The van der Waals surface area contributed by atoms with E-state index in [1.165, 1.54) is 6.92 Å². The highest BCUT2D eigenvalue weighted by Gasteiger charge is 2.57. The predicted molar refractivity (Wildman–Crippen MR) is 130 cm³/mol. The minimum atomic E-state index is -5.80. The molecule has 0 aliphatic rings.